The van der Waals surface area contributed by atoms with E-state index in [9.17, 15) is 4.79 Å². The van der Waals surface area contributed by atoms with Gasteiger partial charge in [0.2, 0.25) is 0 Å². The number of hydrogen-bond donors (Lipinski definition) is 0. The lowest BCUT2D eigenvalue weighted by Crippen LogP contribution is -2.29. The maximum absolute atomic E-state index is 11.1. The molecule has 1 fully saturated rings. The van der Waals surface area contributed by atoms with Crippen LogP contribution in [-0.2, 0) is 4.79 Å². The summed E-state index contributed by atoms with van der Waals surface area (Å²) in [5.74, 6) is 0. The monoisotopic (exact) mass is 215 g/mol. The van der Waals surface area contributed by atoms with E-state index in [-0.39, 0.29) is 0 Å². The van der Waals surface area contributed by atoms with Gasteiger partial charge in [-0.15, -0.1) is 0 Å². The average Bonchev–Trinajstić information content (AvgIpc) is 2.38. The maximum atomic E-state index is 11.1. The van der Waals surface area contributed by atoms with E-state index in [0.717, 1.165) is 30.6 Å². The molecule has 1 aliphatic rings. The summed E-state index contributed by atoms with van der Waals surface area (Å²) in [6.45, 7) is 2.02. The summed E-state index contributed by atoms with van der Waals surface area (Å²) in [5, 5.41) is 0. The molecule has 0 unspecified atom stereocenters. The van der Waals surface area contributed by atoms with Gasteiger partial charge in [-0.05, 0) is 30.9 Å². The van der Waals surface area contributed by atoms with E-state index in [1.165, 1.54) is 19.3 Å². The standard InChI is InChI=1S/C14H17NO/c16-12-14(15-9-5-2-6-10-15)11-13-7-3-1-4-8-13/h1,3-4,7-8,11-12H,2,5-6,9-10H2/b14-11-. The molecule has 0 radical (unpaired) electrons. The molecule has 0 spiro atoms. The maximum Gasteiger partial charge on any atom is 0.166 e. The Balaban J connectivity index is 2.15. The Labute approximate surface area is 96.6 Å². The molecule has 1 aromatic rings. The first kappa shape index (κ1) is 10.9. The summed E-state index contributed by atoms with van der Waals surface area (Å²) >= 11 is 0. The highest BCUT2D eigenvalue weighted by Gasteiger charge is 2.12. The van der Waals surface area contributed by atoms with Crippen molar-refractivity contribution in [2.24, 2.45) is 0 Å². The van der Waals surface area contributed by atoms with Crippen molar-refractivity contribution in [1.82, 2.24) is 4.90 Å². The van der Waals surface area contributed by atoms with E-state index in [1.54, 1.807) is 0 Å². The van der Waals surface area contributed by atoms with Crippen molar-refractivity contribution in [1.29, 1.82) is 0 Å². The quantitative estimate of drug-likeness (QED) is 0.570. The summed E-state index contributed by atoms with van der Waals surface area (Å²) in [4.78, 5) is 13.3. The number of rotatable bonds is 3. The molecule has 2 heteroatoms. The van der Waals surface area contributed by atoms with Crippen molar-refractivity contribution in [2.45, 2.75) is 19.3 Å². The molecule has 1 heterocycles. The van der Waals surface area contributed by atoms with Crippen molar-refractivity contribution >= 4 is 12.4 Å². The largest absolute Gasteiger partial charge is 0.369 e. The third-order valence-corrected chi connectivity index (χ3v) is 2.96. The number of aldehydes is 1. The van der Waals surface area contributed by atoms with Gasteiger partial charge in [0.1, 0.15) is 0 Å². The van der Waals surface area contributed by atoms with Gasteiger partial charge in [-0.2, -0.15) is 0 Å². The molecule has 16 heavy (non-hydrogen) atoms. The number of piperidine rings is 1. The van der Waals surface area contributed by atoms with Crippen LogP contribution in [-0.4, -0.2) is 24.3 Å². The number of likely N-dealkylation sites (tertiary alicyclic amines) is 1. The summed E-state index contributed by atoms with van der Waals surface area (Å²) in [5.41, 5.74) is 1.90. The van der Waals surface area contributed by atoms with Crippen LogP contribution < -0.4 is 0 Å². The highest BCUT2D eigenvalue weighted by atomic mass is 16.1. The second kappa shape index (κ2) is 5.50. The fourth-order valence-electron chi connectivity index (χ4n) is 2.07. The van der Waals surface area contributed by atoms with Gasteiger partial charge in [-0.1, -0.05) is 30.3 Å². The zero-order valence-corrected chi connectivity index (χ0v) is 9.43. The first-order valence-electron chi connectivity index (χ1n) is 5.87. The number of benzene rings is 1. The molecule has 0 saturated carbocycles. The van der Waals surface area contributed by atoms with E-state index in [2.05, 4.69) is 4.90 Å². The van der Waals surface area contributed by atoms with Crippen LogP contribution in [0.5, 0.6) is 0 Å². The van der Waals surface area contributed by atoms with Crippen molar-refractivity contribution in [2.75, 3.05) is 13.1 Å². The van der Waals surface area contributed by atoms with Gasteiger partial charge >= 0.3 is 0 Å². The second-order valence-corrected chi connectivity index (χ2v) is 4.15. The summed E-state index contributed by atoms with van der Waals surface area (Å²) in [7, 11) is 0. The zero-order valence-electron chi connectivity index (χ0n) is 9.43. The third-order valence-electron chi connectivity index (χ3n) is 2.96. The molecule has 0 N–H and O–H groups in total. The predicted molar refractivity (Wildman–Crippen MR) is 65.9 cm³/mol. The van der Waals surface area contributed by atoms with Gasteiger partial charge in [0.05, 0.1) is 5.70 Å². The first-order chi connectivity index (χ1) is 7.90. The van der Waals surface area contributed by atoms with Crippen LogP contribution >= 0.6 is 0 Å². The third kappa shape index (κ3) is 2.72. The van der Waals surface area contributed by atoms with Crippen molar-refractivity contribution < 1.29 is 4.79 Å². The molecule has 84 valence electrons. The lowest BCUT2D eigenvalue weighted by molar-refractivity contribution is -0.106. The lowest BCUT2D eigenvalue weighted by Gasteiger charge is -2.28. The van der Waals surface area contributed by atoms with Crippen LogP contribution in [0.2, 0.25) is 0 Å². The topological polar surface area (TPSA) is 20.3 Å². The van der Waals surface area contributed by atoms with Crippen LogP contribution in [0.25, 0.3) is 6.08 Å². The van der Waals surface area contributed by atoms with Crippen LogP contribution in [0.1, 0.15) is 24.8 Å². The van der Waals surface area contributed by atoms with Gasteiger partial charge in [-0.3, -0.25) is 4.79 Å². The Hall–Kier alpha value is -1.57. The Bertz CT molecular complexity index is 364. The van der Waals surface area contributed by atoms with E-state index in [0.29, 0.717) is 0 Å². The minimum absolute atomic E-state index is 0.811. The molecule has 1 aliphatic heterocycles. The summed E-state index contributed by atoms with van der Waals surface area (Å²) in [6.07, 6.45) is 6.62. The number of carbonyl (C=O) groups is 1. The summed E-state index contributed by atoms with van der Waals surface area (Å²) in [6, 6.07) is 10.0. The fourth-order valence-corrected chi connectivity index (χ4v) is 2.07. The van der Waals surface area contributed by atoms with Crippen molar-refractivity contribution in [3.05, 3.63) is 41.6 Å². The molecule has 2 nitrogen and oxygen atoms in total. The Morgan fingerprint density at radius 2 is 1.75 bits per heavy atom. The predicted octanol–water partition coefficient (Wildman–Crippen LogP) is 2.71. The molecule has 0 amide bonds. The van der Waals surface area contributed by atoms with Crippen molar-refractivity contribution in [3.8, 4) is 0 Å². The van der Waals surface area contributed by atoms with E-state index in [4.69, 9.17) is 0 Å². The summed E-state index contributed by atoms with van der Waals surface area (Å²) < 4.78 is 0. The average molecular weight is 215 g/mol. The minimum Gasteiger partial charge on any atom is -0.369 e. The number of allylic oxidation sites excluding steroid dienone is 1. The molecule has 0 aromatic heterocycles. The van der Waals surface area contributed by atoms with E-state index < -0.39 is 0 Å². The Morgan fingerprint density at radius 3 is 2.38 bits per heavy atom. The van der Waals surface area contributed by atoms with E-state index in [1.807, 2.05) is 36.4 Å². The Morgan fingerprint density at radius 1 is 1.06 bits per heavy atom. The highest BCUT2D eigenvalue weighted by Crippen LogP contribution is 2.15. The SMILES string of the molecule is O=C/C(=C/c1ccccc1)N1CCCCC1. The number of hydrogen-bond acceptors (Lipinski definition) is 2. The molecule has 1 aromatic carbocycles. The fraction of sp³-hybridized carbons (Fsp3) is 0.357. The molecule has 0 atom stereocenters. The number of carbonyl (C=O) groups excluding carboxylic acids is 1. The smallest absolute Gasteiger partial charge is 0.166 e. The van der Waals surface area contributed by atoms with Crippen LogP contribution in [0, 0.1) is 0 Å². The van der Waals surface area contributed by atoms with Crippen LogP contribution in [0.15, 0.2) is 36.0 Å². The highest BCUT2D eigenvalue weighted by molar-refractivity contribution is 5.80. The zero-order chi connectivity index (χ0) is 11.2. The van der Waals surface area contributed by atoms with Gasteiger partial charge in [-0.25, -0.2) is 0 Å². The van der Waals surface area contributed by atoms with E-state index >= 15 is 0 Å². The van der Waals surface area contributed by atoms with Gasteiger partial charge < -0.3 is 4.90 Å². The van der Waals surface area contributed by atoms with Gasteiger partial charge in [0, 0.05) is 13.1 Å². The Kier molecular flexibility index (Phi) is 3.76. The second-order valence-electron chi connectivity index (χ2n) is 4.15. The lowest BCUT2D eigenvalue weighted by atomic mass is 10.1. The first-order valence-corrected chi connectivity index (χ1v) is 5.87. The molecule has 2 rings (SSSR count). The van der Waals surface area contributed by atoms with Crippen molar-refractivity contribution in [3.63, 3.8) is 0 Å². The van der Waals surface area contributed by atoms with Crippen LogP contribution in [0.4, 0.5) is 0 Å². The van der Waals surface area contributed by atoms with Crippen LogP contribution in [0.3, 0.4) is 0 Å². The molecule has 0 aliphatic carbocycles. The molecule has 1 saturated heterocycles. The normalized spacial score (nSPS) is 17.2. The molecular weight excluding hydrogens is 198 g/mol. The van der Waals surface area contributed by atoms with Gasteiger partial charge in [0.25, 0.3) is 0 Å². The molecular formula is C14H17NO. The number of nitrogens with zero attached hydrogens (tertiary/aromatic N) is 1. The molecule has 0 bridgehead atoms. The minimum atomic E-state index is 0.811. The van der Waals surface area contributed by atoms with Gasteiger partial charge in [0.15, 0.2) is 6.29 Å².